The number of phenols is 1. The molecule has 19 heavy (non-hydrogen) atoms. The Bertz CT molecular complexity index is 441. The van der Waals surface area contributed by atoms with Gasteiger partial charge in [-0.2, -0.15) is 0 Å². The minimum atomic E-state index is -0.148. The first-order valence-electron chi connectivity index (χ1n) is 5.68. The summed E-state index contributed by atoms with van der Waals surface area (Å²) in [5.41, 5.74) is 0.544. The number of aromatic hydroxyl groups is 1. The smallest absolute Gasteiger partial charge is 0.234 e. The molecule has 0 aliphatic heterocycles. The molecule has 1 aromatic rings. The van der Waals surface area contributed by atoms with Crippen LogP contribution in [0.3, 0.4) is 0 Å². The first-order chi connectivity index (χ1) is 9.04. The highest BCUT2D eigenvalue weighted by atomic mass is 35.5. The number of hydrogen-bond donors (Lipinski definition) is 3. The molecular formula is C12H16Cl2N2O3. The normalized spacial score (nSPS) is 10.5. The molecule has 0 unspecified atom stereocenters. The fourth-order valence-corrected chi connectivity index (χ4v) is 1.96. The van der Waals surface area contributed by atoms with Crippen LogP contribution in [0.2, 0.25) is 10.0 Å². The van der Waals surface area contributed by atoms with E-state index in [1.807, 2.05) is 0 Å². The van der Waals surface area contributed by atoms with Crippen LogP contribution in [0.25, 0.3) is 0 Å². The zero-order valence-corrected chi connectivity index (χ0v) is 12.0. The summed E-state index contributed by atoms with van der Waals surface area (Å²) in [5.74, 6) is -0.178. The molecule has 5 nitrogen and oxygen atoms in total. The quantitative estimate of drug-likeness (QED) is 0.669. The van der Waals surface area contributed by atoms with Crippen molar-refractivity contribution in [2.75, 3.05) is 26.8 Å². The number of nitrogens with one attached hydrogen (secondary N) is 2. The Labute approximate surface area is 121 Å². The predicted octanol–water partition coefficient (Wildman–Crippen LogP) is 1.55. The fraction of sp³-hybridized carbons (Fsp3) is 0.417. The molecule has 1 amide bonds. The molecule has 0 atom stereocenters. The first-order valence-corrected chi connectivity index (χ1v) is 6.43. The number of phenolic OH excluding ortho intramolecular Hbond substituents is 1. The average molecular weight is 307 g/mol. The summed E-state index contributed by atoms with van der Waals surface area (Å²) in [6.45, 7) is 1.36. The van der Waals surface area contributed by atoms with Crippen LogP contribution in [0.1, 0.15) is 5.56 Å². The van der Waals surface area contributed by atoms with E-state index in [1.54, 1.807) is 13.2 Å². The maximum atomic E-state index is 11.4. The van der Waals surface area contributed by atoms with Crippen LogP contribution in [-0.4, -0.2) is 37.8 Å². The van der Waals surface area contributed by atoms with Gasteiger partial charge in [0.25, 0.3) is 0 Å². The number of halogens is 2. The Morgan fingerprint density at radius 1 is 1.42 bits per heavy atom. The molecule has 0 aromatic heterocycles. The second kappa shape index (κ2) is 8.22. The highest BCUT2D eigenvalue weighted by Gasteiger charge is 2.08. The van der Waals surface area contributed by atoms with E-state index in [9.17, 15) is 9.90 Å². The molecule has 0 bridgehead atoms. The van der Waals surface area contributed by atoms with E-state index in [0.717, 1.165) is 0 Å². The summed E-state index contributed by atoms with van der Waals surface area (Å²) in [6, 6.07) is 3.05. The molecule has 0 spiro atoms. The van der Waals surface area contributed by atoms with Gasteiger partial charge in [-0.25, -0.2) is 0 Å². The van der Waals surface area contributed by atoms with Crippen molar-refractivity contribution in [1.29, 1.82) is 0 Å². The van der Waals surface area contributed by atoms with Crippen LogP contribution < -0.4 is 10.6 Å². The second-order valence-corrected chi connectivity index (χ2v) is 4.69. The number of amides is 1. The average Bonchev–Trinajstić information content (AvgIpc) is 2.35. The molecular weight excluding hydrogens is 291 g/mol. The Balaban J connectivity index is 2.39. The van der Waals surface area contributed by atoms with E-state index in [-0.39, 0.29) is 23.2 Å². The van der Waals surface area contributed by atoms with Crippen molar-refractivity contribution in [3.8, 4) is 5.75 Å². The first kappa shape index (κ1) is 16.0. The number of carbonyl (C=O) groups excluding carboxylic acids is 1. The topological polar surface area (TPSA) is 70.6 Å². The van der Waals surface area contributed by atoms with Gasteiger partial charge >= 0.3 is 0 Å². The van der Waals surface area contributed by atoms with E-state index in [2.05, 4.69) is 10.6 Å². The third-order valence-electron chi connectivity index (χ3n) is 2.34. The van der Waals surface area contributed by atoms with Gasteiger partial charge < -0.3 is 20.5 Å². The van der Waals surface area contributed by atoms with Gasteiger partial charge in [-0.05, 0) is 12.1 Å². The number of rotatable bonds is 7. The van der Waals surface area contributed by atoms with Gasteiger partial charge in [-0.15, -0.1) is 0 Å². The molecule has 1 aromatic carbocycles. The lowest BCUT2D eigenvalue weighted by Crippen LogP contribution is -2.35. The largest absolute Gasteiger partial charge is 0.506 e. The van der Waals surface area contributed by atoms with Gasteiger partial charge in [0.1, 0.15) is 5.75 Å². The number of benzene rings is 1. The Kier molecular flexibility index (Phi) is 6.94. The van der Waals surface area contributed by atoms with Gasteiger partial charge in [-0.3, -0.25) is 4.79 Å². The second-order valence-electron chi connectivity index (χ2n) is 3.84. The molecule has 0 saturated heterocycles. The van der Waals surface area contributed by atoms with E-state index in [1.165, 1.54) is 6.07 Å². The van der Waals surface area contributed by atoms with Crippen molar-refractivity contribution in [3.05, 3.63) is 27.7 Å². The highest BCUT2D eigenvalue weighted by molar-refractivity contribution is 6.35. The zero-order chi connectivity index (χ0) is 14.3. The lowest BCUT2D eigenvalue weighted by molar-refractivity contribution is -0.120. The molecule has 3 N–H and O–H groups in total. The van der Waals surface area contributed by atoms with Gasteiger partial charge in [0.15, 0.2) is 0 Å². The highest BCUT2D eigenvalue weighted by Crippen LogP contribution is 2.30. The fourth-order valence-electron chi connectivity index (χ4n) is 1.42. The third-order valence-corrected chi connectivity index (χ3v) is 2.84. The van der Waals surface area contributed by atoms with Crippen LogP contribution >= 0.6 is 23.2 Å². The molecule has 0 aliphatic rings. The zero-order valence-electron chi connectivity index (χ0n) is 10.5. The van der Waals surface area contributed by atoms with Gasteiger partial charge in [0.05, 0.1) is 18.2 Å². The molecule has 0 aliphatic carbocycles. The Morgan fingerprint density at radius 2 is 2.16 bits per heavy atom. The van der Waals surface area contributed by atoms with Gasteiger partial charge in [0, 0.05) is 30.8 Å². The van der Waals surface area contributed by atoms with Crippen molar-refractivity contribution in [3.63, 3.8) is 0 Å². The molecule has 0 radical (unpaired) electrons. The van der Waals surface area contributed by atoms with Crippen molar-refractivity contribution in [2.45, 2.75) is 6.54 Å². The minimum absolute atomic E-state index is 0.0293. The van der Waals surface area contributed by atoms with Crippen LogP contribution in [0.15, 0.2) is 12.1 Å². The number of carbonyl (C=O) groups is 1. The summed E-state index contributed by atoms with van der Waals surface area (Å²) in [4.78, 5) is 11.4. The Morgan fingerprint density at radius 3 is 2.84 bits per heavy atom. The van der Waals surface area contributed by atoms with E-state index in [0.29, 0.717) is 30.3 Å². The van der Waals surface area contributed by atoms with Crippen molar-refractivity contribution in [2.24, 2.45) is 0 Å². The number of hydrogen-bond acceptors (Lipinski definition) is 4. The number of methoxy groups -OCH3 is 1. The summed E-state index contributed by atoms with van der Waals surface area (Å²) in [6.07, 6.45) is 0. The predicted molar refractivity (Wildman–Crippen MR) is 74.7 cm³/mol. The SMILES string of the molecule is COCCNC(=O)CNCc1cc(Cl)cc(Cl)c1O. The van der Waals surface area contributed by atoms with E-state index in [4.69, 9.17) is 27.9 Å². The van der Waals surface area contributed by atoms with E-state index >= 15 is 0 Å². The molecule has 0 fully saturated rings. The maximum absolute atomic E-state index is 11.4. The molecule has 0 saturated carbocycles. The van der Waals surface area contributed by atoms with Crippen molar-refractivity contribution < 1.29 is 14.6 Å². The summed E-state index contributed by atoms with van der Waals surface area (Å²) in [5, 5.41) is 15.9. The summed E-state index contributed by atoms with van der Waals surface area (Å²) in [7, 11) is 1.57. The lowest BCUT2D eigenvalue weighted by Gasteiger charge is -2.09. The van der Waals surface area contributed by atoms with Gasteiger partial charge in [0.2, 0.25) is 5.91 Å². The van der Waals surface area contributed by atoms with Crippen molar-refractivity contribution in [1.82, 2.24) is 10.6 Å². The maximum Gasteiger partial charge on any atom is 0.234 e. The number of ether oxygens (including phenoxy) is 1. The van der Waals surface area contributed by atoms with Crippen molar-refractivity contribution >= 4 is 29.1 Å². The molecule has 7 heteroatoms. The molecule has 1 rings (SSSR count). The lowest BCUT2D eigenvalue weighted by atomic mass is 10.2. The summed E-state index contributed by atoms with van der Waals surface area (Å²) < 4.78 is 4.81. The molecule has 106 valence electrons. The Hall–Kier alpha value is -1.01. The molecule has 0 heterocycles. The summed E-state index contributed by atoms with van der Waals surface area (Å²) >= 11 is 11.6. The van der Waals surface area contributed by atoms with Crippen LogP contribution in [0.5, 0.6) is 5.75 Å². The minimum Gasteiger partial charge on any atom is -0.506 e. The standard InChI is InChI=1S/C12H16Cl2N2O3/c1-19-3-2-16-11(17)7-15-6-8-4-9(13)5-10(14)12(8)18/h4-5,15,18H,2-3,6-7H2,1H3,(H,16,17). The van der Waals surface area contributed by atoms with Crippen LogP contribution in [0.4, 0.5) is 0 Å². The van der Waals surface area contributed by atoms with Crippen LogP contribution in [0, 0.1) is 0 Å². The third kappa shape index (κ3) is 5.65. The van der Waals surface area contributed by atoms with Crippen LogP contribution in [-0.2, 0) is 16.1 Å². The van der Waals surface area contributed by atoms with Gasteiger partial charge in [-0.1, -0.05) is 23.2 Å². The van der Waals surface area contributed by atoms with E-state index < -0.39 is 0 Å². The monoisotopic (exact) mass is 306 g/mol.